The fourth-order valence-electron chi connectivity index (χ4n) is 1.20. The minimum absolute atomic E-state index is 0.00435. The molecule has 0 aromatic heterocycles. The molecule has 78 valence electrons. The van der Waals surface area contributed by atoms with Crippen LogP contribution < -0.4 is 0 Å². The van der Waals surface area contributed by atoms with Crippen molar-refractivity contribution >= 4 is 28.4 Å². The number of carbonyl (C=O) groups is 1. The van der Waals surface area contributed by atoms with E-state index >= 15 is 0 Å². The molecule has 15 heavy (non-hydrogen) atoms. The smallest absolute Gasteiger partial charge is 0.263 e. The van der Waals surface area contributed by atoms with Gasteiger partial charge in [-0.2, -0.15) is 5.26 Å². The number of benzene rings is 1. The zero-order valence-electron chi connectivity index (χ0n) is 7.72. The Kier molecular flexibility index (Phi) is 3.74. The van der Waals surface area contributed by atoms with Crippen LogP contribution >= 0.6 is 22.6 Å². The van der Waals surface area contributed by atoms with Crippen molar-refractivity contribution in [3.8, 4) is 6.07 Å². The van der Waals surface area contributed by atoms with E-state index in [-0.39, 0.29) is 22.5 Å². The van der Waals surface area contributed by atoms with Gasteiger partial charge in [0.25, 0.3) is 6.43 Å². The van der Waals surface area contributed by atoms with Crippen molar-refractivity contribution in [3.05, 3.63) is 32.4 Å². The summed E-state index contributed by atoms with van der Waals surface area (Å²) in [5.41, 5.74) is -0.0202. The second-order valence-corrected chi connectivity index (χ2v) is 4.06. The third kappa shape index (κ3) is 2.50. The summed E-state index contributed by atoms with van der Waals surface area (Å²) >= 11 is 1.78. The molecule has 0 aliphatic heterocycles. The standard InChI is InChI=1S/C10H6F2INO/c1-5(15)9-7(4-14)2-6(10(11)12)3-8(9)13/h2-3,10H,1H3. The van der Waals surface area contributed by atoms with Crippen LogP contribution in [0.25, 0.3) is 0 Å². The molecule has 1 aromatic carbocycles. The van der Waals surface area contributed by atoms with Crippen LogP contribution in [-0.4, -0.2) is 5.78 Å². The first-order valence-electron chi connectivity index (χ1n) is 4.00. The van der Waals surface area contributed by atoms with Gasteiger partial charge >= 0.3 is 0 Å². The molecule has 1 aromatic rings. The number of ketones is 1. The van der Waals surface area contributed by atoms with Crippen molar-refractivity contribution in [2.75, 3.05) is 0 Å². The van der Waals surface area contributed by atoms with Gasteiger partial charge in [-0.15, -0.1) is 0 Å². The largest absolute Gasteiger partial charge is 0.294 e. The highest BCUT2D eigenvalue weighted by atomic mass is 127. The number of carbonyl (C=O) groups excluding carboxylic acids is 1. The molecule has 0 N–H and O–H groups in total. The van der Waals surface area contributed by atoms with E-state index in [4.69, 9.17) is 5.26 Å². The summed E-state index contributed by atoms with van der Waals surface area (Å²) in [6, 6.07) is 4.04. The zero-order valence-corrected chi connectivity index (χ0v) is 9.88. The monoisotopic (exact) mass is 321 g/mol. The molecule has 0 fully saturated rings. The molecule has 1 rings (SSSR count). The first-order chi connectivity index (χ1) is 6.97. The van der Waals surface area contributed by atoms with Gasteiger partial charge in [0.15, 0.2) is 5.78 Å². The quantitative estimate of drug-likeness (QED) is 0.619. The molecule has 0 radical (unpaired) electrons. The average molecular weight is 321 g/mol. The van der Waals surface area contributed by atoms with E-state index in [0.29, 0.717) is 3.57 Å². The molecule has 0 amide bonds. The average Bonchev–Trinajstić information content (AvgIpc) is 2.15. The van der Waals surface area contributed by atoms with Crippen molar-refractivity contribution in [2.45, 2.75) is 13.3 Å². The second-order valence-electron chi connectivity index (χ2n) is 2.89. The Hall–Kier alpha value is -1.03. The van der Waals surface area contributed by atoms with Crippen molar-refractivity contribution in [2.24, 2.45) is 0 Å². The predicted octanol–water partition coefficient (Wildman–Crippen LogP) is 3.30. The van der Waals surface area contributed by atoms with Crippen LogP contribution in [0.15, 0.2) is 12.1 Å². The molecule has 0 unspecified atom stereocenters. The number of nitrogens with zero attached hydrogens (tertiary/aromatic N) is 1. The van der Waals surface area contributed by atoms with E-state index in [1.54, 1.807) is 28.7 Å². The molecular weight excluding hydrogens is 315 g/mol. The molecule has 0 aliphatic rings. The van der Waals surface area contributed by atoms with Crippen LogP contribution in [0.5, 0.6) is 0 Å². The van der Waals surface area contributed by atoms with E-state index < -0.39 is 6.43 Å². The van der Waals surface area contributed by atoms with Gasteiger partial charge in [0.05, 0.1) is 11.6 Å². The van der Waals surface area contributed by atoms with Crippen molar-refractivity contribution in [1.29, 1.82) is 5.26 Å². The third-order valence-corrected chi connectivity index (χ3v) is 2.69. The Labute approximate surface area is 99.0 Å². The molecule has 0 spiro atoms. The highest BCUT2D eigenvalue weighted by Gasteiger charge is 2.16. The summed E-state index contributed by atoms with van der Waals surface area (Å²) in [5, 5.41) is 8.75. The topological polar surface area (TPSA) is 40.9 Å². The van der Waals surface area contributed by atoms with Gasteiger partial charge in [-0.25, -0.2) is 8.78 Å². The van der Waals surface area contributed by atoms with Gasteiger partial charge in [0.1, 0.15) is 0 Å². The lowest BCUT2D eigenvalue weighted by atomic mass is 10.0. The number of alkyl halides is 2. The fraction of sp³-hybridized carbons (Fsp3) is 0.200. The lowest BCUT2D eigenvalue weighted by Crippen LogP contribution is -2.02. The minimum atomic E-state index is -2.63. The lowest BCUT2D eigenvalue weighted by Gasteiger charge is -2.06. The first-order valence-corrected chi connectivity index (χ1v) is 5.08. The summed E-state index contributed by atoms with van der Waals surface area (Å²) in [6.45, 7) is 1.31. The number of Topliss-reactive ketones (excluding diaryl/α,β-unsaturated/α-hetero) is 1. The molecule has 5 heteroatoms. The normalized spacial score (nSPS) is 10.1. The maximum Gasteiger partial charge on any atom is 0.263 e. The summed E-state index contributed by atoms with van der Waals surface area (Å²) < 4.78 is 25.2. The van der Waals surface area contributed by atoms with E-state index in [0.717, 1.165) is 6.07 Å². The maximum atomic E-state index is 12.4. The third-order valence-electron chi connectivity index (χ3n) is 1.84. The second kappa shape index (κ2) is 4.66. The van der Waals surface area contributed by atoms with E-state index in [1.807, 2.05) is 0 Å². The van der Waals surface area contributed by atoms with Crippen LogP contribution in [0.1, 0.15) is 34.8 Å². The van der Waals surface area contributed by atoms with Gasteiger partial charge in [0.2, 0.25) is 0 Å². The van der Waals surface area contributed by atoms with E-state index in [2.05, 4.69) is 0 Å². The van der Waals surface area contributed by atoms with Crippen LogP contribution in [0, 0.1) is 14.9 Å². The van der Waals surface area contributed by atoms with E-state index in [1.165, 1.54) is 13.0 Å². The molecule has 0 aliphatic carbocycles. The first kappa shape index (κ1) is 12.0. The van der Waals surface area contributed by atoms with Crippen molar-refractivity contribution in [1.82, 2.24) is 0 Å². The number of rotatable bonds is 2. The van der Waals surface area contributed by atoms with Gasteiger partial charge in [-0.3, -0.25) is 4.79 Å². The fourth-order valence-corrected chi connectivity index (χ4v) is 2.23. The summed E-state index contributed by atoms with van der Waals surface area (Å²) in [6.07, 6.45) is -2.63. The van der Waals surface area contributed by atoms with Crippen molar-refractivity contribution in [3.63, 3.8) is 0 Å². The van der Waals surface area contributed by atoms with Gasteiger partial charge in [-0.05, 0) is 41.6 Å². The van der Waals surface area contributed by atoms with Crippen LogP contribution in [0.4, 0.5) is 8.78 Å². The van der Waals surface area contributed by atoms with Crippen molar-refractivity contribution < 1.29 is 13.6 Å². The molecule has 0 bridgehead atoms. The van der Waals surface area contributed by atoms with E-state index in [9.17, 15) is 13.6 Å². The Bertz CT molecular complexity index is 451. The number of hydrogen-bond acceptors (Lipinski definition) is 2. The minimum Gasteiger partial charge on any atom is -0.294 e. The summed E-state index contributed by atoms with van der Waals surface area (Å²) in [4.78, 5) is 11.2. The highest BCUT2D eigenvalue weighted by molar-refractivity contribution is 14.1. The Balaban J connectivity index is 3.46. The predicted molar refractivity (Wildman–Crippen MR) is 58.8 cm³/mol. The zero-order chi connectivity index (χ0) is 11.6. The molecule has 2 nitrogen and oxygen atoms in total. The number of hydrogen-bond donors (Lipinski definition) is 0. The molecular formula is C10H6F2INO. The van der Waals surface area contributed by atoms with Gasteiger partial charge in [-0.1, -0.05) is 0 Å². The Morgan fingerprint density at radius 2 is 2.13 bits per heavy atom. The Morgan fingerprint density at radius 1 is 1.53 bits per heavy atom. The molecule has 0 saturated heterocycles. The summed E-state index contributed by atoms with van der Waals surface area (Å²) in [5.74, 6) is -0.295. The highest BCUT2D eigenvalue weighted by Crippen LogP contribution is 2.26. The molecule has 0 atom stereocenters. The van der Waals surface area contributed by atoms with Gasteiger partial charge < -0.3 is 0 Å². The number of nitriles is 1. The number of halogens is 3. The van der Waals surface area contributed by atoms with Gasteiger partial charge in [0, 0.05) is 14.7 Å². The SMILES string of the molecule is CC(=O)c1c(I)cc(C(F)F)cc1C#N. The Morgan fingerprint density at radius 3 is 2.53 bits per heavy atom. The van der Waals surface area contributed by atoms with Crippen LogP contribution in [-0.2, 0) is 0 Å². The van der Waals surface area contributed by atoms with Crippen LogP contribution in [0.2, 0.25) is 0 Å². The molecule has 0 heterocycles. The maximum absolute atomic E-state index is 12.4. The van der Waals surface area contributed by atoms with Crippen LogP contribution in [0.3, 0.4) is 0 Å². The summed E-state index contributed by atoms with van der Waals surface area (Å²) in [7, 11) is 0. The lowest BCUT2D eigenvalue weighted by molar-refractivity contribution is 0.101. The molecule has 0 saturated carbocycles.